The molecule has 17 heavy (non-hydrogen) atoms. The summed E-state index contributed by atoms with van der Waals surface area (Å²) in [6, 6.07) is 13.3. The number of benzene rings is 1. The minimum Gasteiger partial charge on any atom is -0.394 e. The summed E-state index contributed by atoms with van der Waals surface area (Å²) in [7, 11) is 0. The fraction of sp³-hybridized carbons (Fsp3) is 0.143. The van der Waals surface area contributed by atoms with Crippen molar-refractivity contribution in [3.63, 3.8) is 0 Å². The minimum absolute atomic E-state index is 0.000769. The monoisotopic (exact) mass is 226 g/mol. The van der Waals surface area contributed by atoms with Crippen molar-refractivity contribution in [3.05, 3.63) is 66.0 Å². The number of aromatic nitrogens is 1. The summed E-state index contributed by atoms with van der Waals surface area (Å²) in [5, 5.41) is 9.33. The number of aliphatic hydroxyl groups excluding tert-OH is 1. The van der Waals surface area contributed by atoms with Crippen LogP contribution in [0.25, 0.3) is 0 Å². The van der Waals surface area contributed by atoms with Gasteiger partial charge in [-0.25, -0.2) is 0 Å². The highest BCUT2D eigenvalue weighted by Gasteiger charge is 2.06. The van der Waals surface area contributed by atoms with Gasteiger partial charge >= 0.3 is 0 Å². The molecule has 2 aromatic rings. The van der Waals surface area contributed by atoms with Gasteiger partial charge < -0.3 is 5.11 Å². The van der Waals surface area contributed by atoms with Gasteiger partial charge in [0.05, 0.1) is 12.6 Å². The molecule has 0 radical (unpaired) electrons. The lowest BCUT2D eigenvalue weighted by Crippen LogP contribution is -2.01. The van der Waals surface area contributed by atoms with Crippen LogP contribution in [0.1, 0.15) is 17.2 Å². The number of aliphatic hydroxyl groups is 1. The fourth-order valence-electron chi connectivity index (χ4n) is 1.54. The maximum atomic E-state index is 9.33. The highest BCUT2D eigenvalue weighted by molar-refractivity contribution is 5.79. The molecule has 1 N–H and O–H groups in total. The van der Waals surface area contributed by atoms with Gasteiger partial charge in [0.25, 0.3) is 0 Å². The molecule has 0 fully saturated rings. The van der Waals surface area contributed by atoms with E-state index in [1.165, 1.54) is 0 Å². The van der Waals surface area contributed by atoms with E-state index < -0.39 is 0 Å². The molecular weight excluding hydrogens is 212 g/mol. The first-order chi connectivity index (χ1) is 8.40. The van der Waals surface area contributed by atoms with Crippen LogP contribution in [0.2, 0.25) is 0 Å². The van der Waals surface area contributed by atoms with Crippen molar-refractivity contribution in [1.29, 1.82) is 0 Å². The molecule has 86 valence electrons. The molecular formula is C14H14N2O. The van der Waals surface area contributed by atoms with E-state index in [-0.39, 0.29) is 12.6 Å². The molecule has 0 aliphatic rings. The Kier molecular flexibility index (Phi) is 4.00. The summed E-state index contributed by atoms with van der Waals surface area (Å²) >= 11 is 0. The summed E-state index contributed by atoms with van der Waals surface area (Å²) < 4.78 is 0. The predicted molar refractivity (Wildman–Crippen MR) is 68.1 cm³/mol. The third-order valence-corrected chi connectivity index (χ3v) is 2.45. The molecule has 0 bridgehead atoms. The first-order valence-corrected chi connectivity index (χ1v) is 5.49. The van der Waals surface area contributed by atoms with E-state index in [0.29, 0.717) is 0 Å². The van der Waals surface area contributed by atoms with E-state index in [9.17, 15) is 5.11 Å². The zero-order valence-electron chi connectivity index (χ0n) is 9.40. The molecule has 0 aliphatic carbocycles. The molecule has 3 nitrogen and oxygen atoms in total. The number of aliphatic imine (C=N–C) groups is 1. The van der Waals surface area contributed by atoms with Gasteiger partial charge in [0.15, 0.2) is 0 Å². The highest BCUT2D eigenvalue weighted by atomic mass is 16.3. The topological polar surface area (TPSA) is 45.5 Å². The summed E-state index contributed by atoms with van der Waals surface area (Å²) in [5.74, 6) is 0. The Labute approximate surface area is 100 Å². The van der Waals surface area contributed by atoms with Crippen molar-refractivity contribution >= 4 is 6.21 Å². The lowest BCUT2D eigenvalue weighted by Gasteiger charge is -2.08. The molecule has 0 amide bonds. The summed E-state index contributed by atoms with van der Waals surface area (Å²) in [6.07, 6.45) is 5.20. The Morgan fingerprint density at radius 3 is 2.65 bits per heavy atom. The number of nitrogens with zero attached hydrogens (tertiary/aromatic N) is 2. The third kappa shape index (κ3) is 3.23. The van der Waals surface area contributed by atoms with E-state index in [1.807, 2.05) is 42.5 Å². The van der Waals surface area contributed by atoms with Crippen molar-refractivity contribution in [2.75, 3.05) is 6.61 Å². The Balaban J connectivity index is 2.14. The smallest absolute Gasteiger partial charge is 0.0979 e. The Morgan fingerprint density at radius 2 is 2.00 bits per heavy atom. The quantitative estimate of drug-likeness (QED) is 0.812. The van der Waals surface area contributed by atoms with Crippen LogP contribution < -0.4 is 0 Å². The summed E-state index contributed by atoms with van der Waals surface area (Å²) in [5.41, 5.74) is 1.94. The zero-order chi connectivity index (χ0) is 11.9. The molecule has 1 atom stereocenters. The Morgan fingerprint density at radius 1 is 1.18 bits per heavy atom. The lowest BCUT2D eigenvalue weighted by atomic mass is 10.1. The van der Waals surface area contributed by atoms with E-state index in [2.05, 4.69) is 9.98 Å². The van der Waals surface area contributed by atoms with E-state index in [1.54, 1.807) is 18.6 Å². The van der Waals surface area contributed by atoms with Crippen LogP contribution in [0.4, 0.5) is 0 Å². The van der Waals surface area contributed by atoms with Crippen LogP contribution >= 0.6 is 0 Å². The molecule has 1 aromatic heterocycles. The molecule has 0 unspecified atom stereocenters. The zero-order valence-corrected chi connectivity index (χ0v) is 9.40. The van der Waals surface area contributed by atoms with Crippen LogP contribution in [0.15, 0.2) is 59.9 Å². The second-order valence-corrected chi connectivity index (χ2v) is 3.67. The van der Waals surface area contributed by atoms with Gasteiger partial charge in [-0.15, -0.1) is 0 Å². The predicted octanol–water partition coefficient (Wildman–Crippen LogP) is 2.23. The van der Waals surface area contributed by atoms with E-state index >= 15 is 0 Å². The lowest BCUT2D eigenvalue weighted by molar-refractivity contribution is 0.269. The number of pyridine rings is 1. The van der Waals surface area contributed by atoms with Crippen molar-refractivity contribution in [2.45, 2.75) is 6.04 Å². The van der Waals surface area contributed by atoms with Gasteiger partial charge in [0.2, 0.25) is 0 Å². The largest absolute Gasteiger partial charge is 0.394 e. The second kappa shape index (κ2) is 5.92. The van der Waals surface area contributed by atoms with Crippen molar-refractivity contribution in [1.82, 2.24) is 4.98 Å². The second-order valence-electron chi connectivity index (χ2n) is 3.67. The summed E-state index contributed by atoms with van der Waals surface area (Å²) in [6.45, 7) is 0.000769. The molecule has 0 saturated heterocycles. The molecule has 3 heteroatoms. The van der Waals surface area contributed by atoms with Crippen LogP contribution in [0, 0.1) is 0 Å². The van der Waals surface area contributed by atoms with Gasteiger partial charge in [-0.2, -0.15) is 0 Å². The van der Waals surface area contributed by atoms with Gasteiger partial charge in [-0.3, -0.25) is 9.98 Å². The molecule has 0 saturated carbocycles. The molecule has 2 rings (SSSR count). The third-order valence-electron chi connectivity index (χ3n) is 2.45. The Bertz CT molecular complexity index is 468. The van der Waals surface area contributed by atoms with Gasteiger partial charge in [0, 0.05) is 24.2 Å². The average molecular weight is 226 g/mol. The van der Waals surface area contributed by atoms with Crippen LogP contribution in [-0.4, -0.2) is 22.9 Å². The van der Waals surface area contributed by atoms with Gasteiger partial charge in [0.1, 0.15) is 0 Å². The first kappa shape index (κ1) is 11.5. The Hall–Kier alpha value is -2.00. The van der Waals surface area contributed by atoms with Crippen molar-refractivity contribution in [3.8, 4) is 0 Å². The minimum atomic E-state index is -0.212. The first-order valence-electron chi connectivity index (χ1n) is 5.49. The standard InChI is InChI=1S/C14H14N2O/c17-11-14(13-6-2-1-3-7-13)16-10-12-5-4-8-15-9-12/h1-10,14,17H,11H2/t14-/m0/s1. The number of hydrogen-bond acceptors (Lipinski definition) is 3. The maximum Gasteiger partial charge on any atom is 0.0979 e. The molecule has 1 heterocycles. The van der Waals surface area contributed by atoms with Crippen LogP contribution in [-0.2, 0) is 0 Å². The van der Waals surface area contributed by atoms with Crippen molar-refractivity contribution < 1.29 is 5.11 Å². The van der Waals surface area contributed by atoms with E-state index in [4.69, 9.17) is 0 Å². The maximum absolute atomic E-state index is 9.33. The number of rotatable bonds is 4. The number of hydrogen-bond donors (Lipinski definition) is 1. The van der Waals surface area contributed by atoms with Crippen molar-refractivity contribution in [2.24, 2.45) is 4.99 Å². The van der Waals surface area contributed by atoms with Crippen LogP contribution in [0.5, 0.6) is 0 Å². The molecule has 0 spiro atoms. The summed E-state index contributed by atoms with van der Waals surface area (Å²) in [4.78, 5) is 8.38. The fourth-order valence-corrected chi connectivity index (χ4v) is 1.54. The van der Waals surface area contributed by atoms with Crippen LogP contribution in [0.3, 0.4) is 0 Å². The van der Waals surface area contributed by atoms with Gasteiger partial charge in [-0.1, -0.05) is 36.4 Å². The van der Waals surface area contributed by atoms with Gasteiger partial charge in [-0.05, 0) is 11.6 Å². The molecule has 1 aromatic carbocycles. The van der Waals surface area contributed by atoms with E-state index in [0.717, 1.165) is 11.1 Å². The highest BCUT2D eigenvalue weighted by Crippen LogP contribution is 2.15. The SMILES string of the molecule is OC[C@H](N=Cc1cccnc1)c1ccccc1. The molecule has 0 aliphatic heterocycles. The average Bonchev–Trinajstić information content (AvgIpc) is 2.42. The normalized spacial score (nSPS) is 12.8.